The molecule has 10 nitrogen and oxygen atoms in total. The lowest BCUT2D eigenvalue weighted by molar-refractivity contribution is 0.382. The summed E-state index contributed by atoms with van der Waals surface area (Å²) in [7, 11) is 1.41. The Bertz CT molecular complexity index is 2040. The predicted molar refractivity (Wildman–Crippen MR) is 142 cm³/mol. The van der Waals surface area contributed by atoms with Crippen molar-refractivity contribution < 1.29 is 18.7 Å². The third kappa shape index (κ3) is 3.95. The van der Waals surface area contributed by atoms with Crippen LogP contribution in [0.4, 0.5) is 10.2 Å². The van der Waals surface area contributed by atoms with Crippen LogP contribution in [0.2, 0.25) is 0 Å². The zero-order chi connectivity index (χ0) is 27.3. The highest BCUT2D eigenvalue weighted by atomic mass is 19.1. The molecule has 0 atom stereocenters. The molecular weight excluding hydrogens is 503 g/mol. The lowest BCUT2D eigenvalue weighted by atomic mass is 9.95. The Labute approximate surface area is 219 Å². The minimum atomic E-state index is -0.738. The average Bonchev–Trinajstić information content (AvgIpc) is 3.41. The molecule has 0 saturated heterocycles. The molecule has 2 N–H and O–H groups in total. The highest BCUT2D eigenvalue weighted by molar-refractivity contribution is 6.03. The number of hydrogen-bond acceptors (Lipinski definition) is 9. The number of pyridine rings is 1. The number of phenols is 1. The molecule has 0 spiro atoms. The molecular formula is C28H19FN6O4. The van der Waals surface area contributed by atoms with Crippen molar-refractivity contribution in [1.29, 1.82) is 0 Å². The number of anilines is 1. The first-order valence-electron chi connectivity index (χ1n) is 11.7. The Morgan fingerprint density at radius 1 is 1.21 bits per heavy atom. The molecule has 0 unspecified atom stereocenters. The zero-order valence-electron chi connectivity index (χ0n) is 20.7. The SMILES string of the molecule is C#Cc1c(F)ccc2cc(O)cc(-c3oc(=O)c4c(NCc5ccc6ncnn6c5)nc(OC)nc4c3C)c12. The highest BCUT2D eigenvalue weighted by Gasteiger charge is 2.22. The second-order valence-electron chi connectivity index (χ2n) is 8.74. The maximum Gasteiger partial charge on any atom is 0.349 e. The summed E-state index contributed by atoms with van der Waals surface area (Å²) in [5.74, 6) is 1.93. The first-order chi connectivity index (χ1) is 18.9. The van der Waals surface area contributed by atoms with Crippen LogP contribution in [0.25, 0.3) is 38.6 Å². The van der Waals surface area contributed by atoms with Crippen LogP contribution in [0.3, 0.4) is 0 Å². The van der Waals surface area contributed by atoms with Crippen LogP contribution < -0.4 is 15.7 Å². The molecule has 6 aromatic rings. The molecule has 39 heavy (non-hydrogen) atoms. The number of hydrogen-bond donors (Lipinski definition) is 2. The number of aromatic nitrogens is 5. The Morgan fingerprint density at radius 3 is 2.85 bits per heavy atom. The summed E-state index contributed by atoms with van der Waals surface area (Å²) >= 11 is 0. The number of aryl methyl sites for hydroxylation is 1. The standard InChI is InChI=1S/C28H19FN6O4/c1-4-18-20(29)7-6-16-9-17(36)10-19(22(16)18)25-14(2)24-23(27(37)39-25)26(34-28(33-24)38-3)30-11-15-5-8-21-31-13-32-35(21)12-15/h1,5-10,12-13,36H,11H2,2-3H3,(H,30,33,34). The van der Waals surface area contributed by atoms with Gasteiger partial charge in [0.25, 0.3) is 0 Å². The number of nitrogens with zero attached hydrogens (tertiary/aromatic N) is 5. The van der Waals surface area contributed by atoms with E-state index in [0.29, 0.717) is 28.5 Å². The maximum absolute atomic E-state index is 14.6. The number of benzene rings is 2. The van der Waals surface area contributed by atoms with Crippen LogP contribution in [0.5, 0.6) is 11.8 Å². The van der Waals surface area contributed by atoms with Gasteiger partial charge in [0, 0.05) is 29.3 Å². The topological polar surface area (TPSA) is 128 Å². The second kappa shape index (κ2) is 9.11. The molecule has 192 valence electrons. The van der Waals surface area contributed by atoms with E-state index < -0.39 is 11.4 Å². The lowest BCUT2D eigenvalue weighted by Crippen LogP contribution is -2.12. The molecule has 6 rings (SSSR count). The van der Waals surface area contributed by atoms with Gasteiger partial charge in [-0.3, -0.25) is 0 Å². The van der Waals surface area contributed by atoms with E-state index in [4.69, 9.17) is 15.6 Å². The van der Waals surface area contributed by atoms with Crippen molar-refractivity contribution in [3.8, 4) is 35.4 Å². The summed E-state index contributed by atoms with van der Waals surface area (Å²) in [6.07, 6.45) is 8.88. The van der Waals surface area contributed by atoms with Gasteiger partial charge in [0.05, 0.1) is 18.2 Å². The van der Waals surface area contributed by atoms with E-state index in [2.05, 4.69) is 31.3 Å². The largest absolute Gasteiger partial charge is 0.508 e. The van der Waals surface area contributed by atoms with Crippen LogP contribution in [-0.2, 0) is 6.54 Å². The second-order valence-corrected chi connectivity index (χ2v) is 8.74. The third-order valence-corrected chi connectivity index (χ3v) is 6.40. The molecule has 0 aliphatic heterocycles. The first-order valence-corrected chi connectivity index (χ1v) is 11.7. The molecule has 4 heterocycles. The van der Waals surface area contributed by atoms with Gasteiger partial charge in [-0.05, 0) is 42.1 Å². The number of fused-ring (bicyclic) bond motifs is 3. The van der Waals surface area contributed by atoms with Crippen LogP contribution in [-0.4, -0.2) is 36.8 Å². The number of nitrogens with one attached hydrogen (secondary N) is 1. The van der Waals surface area contributed by atoms with Gasteiger partial charge in [0.2, 0.25) is 0 Å². The molecule has 0 amide bonds. The van der Waals surface area contributed by atoms with E-state index in [0.717, 1.165) is 5.56 Å². The van der Waals surface area contributed by atoms with E-state index in [1.54, 1.807) is 17.6 Å². The van der Waals surface area contributed by atoms with Crippen molar-refractivity contribution in [3.63, 3.8) is 0 Å². The predicted octanol–water partition coefficient (Wildman–Crippen LogP) is 4.20. The van der Waals surface area contributed by atoms with Crippen LogP contribution in [0, 0.1) is 25.1 Å². The van der Waals surface area contributed by atoms with Crippen molar-refractivity contribution in [2.75, 3.05) is 12.4 Å². The van der Waals surface area contributed by atoms with E-state index >= 15 is 0 Å². The van der Waals surface area contributed by atoms with E-state index in [1.165, 1.54) is 37.7 Å². The number of phenolic OH excluding ortho intramolecular Hbond substituents is 1. The molecule has 0 fully saturated rings. The normalized spacial score (nSPS) is 11.2. The fraction of sp³-hybridized carbons (Fsp3) is 0.107. The number of halogens is 1. The summed E-state index contributed by atoms with van der Waals surface area (Å²) in [4.78, 5) is 26.3. The van der Waals surface area contributed by atoms with E-state index in [1.807, 2.05) is 12.1 Å². The van der Waals surface area contributed by atoms with Crippen LogP contribution >= 0.6 is 0 Å². The Morgan fingerprint density at radius 2 is 2.05 bits per heavy atom. The van der Waals surface area contributed by atoms with Gasteiger partial charge in [-0.2, -0.15) is 15.1 Å². The van der Waals surface area contributed by atoms with Crippen molar-refractivity contribution in [2.45, 2.75) is 13.5 Å². The monoisotopic (exact) mass is 522 g/mol. The summed E-state index contributed by atoms with van der Waals surface area (Å²) in [6, 6.07) is 9.26. The van der Waals surface area contributed by atoms with Crippen molar-refractivity contribution in [2.24, 2.45) is 0 Å². The van der Waals surface area contributed by atoms with Gasteiger partial charge in [-0.1, -0.05) is 18.1 Å². The van der Waals surface area contributed by atoms with Gasteiger partial charge in [0.1, 0.15) is 34.9 Å². The third-order valence-electron chi connectivity index (χ3n) is 6.40. The Kier molecular flexibility index (Phi) is 5.58. The van der Waals surface area contributed by atoms with E-state index in [-0.39, 0.29) is 45.4 Å². The van der Waals surface area contributed by atoms with Crippen molar-refractivity contribution >= 4 is 33.1 Å². The maximum atomic E-state index is 14.6. The number of aromatic hydroxyl groups is 1. The van der Waals surface area contributed by atoms with Gasteiger partial charge >= 0.3 is 11.6 Å². The fourth-order valence-electron chi connectivity index (χ4n) is 4.60. The summed E-state index contributed by atoms with van der Waals surface area (Å²) in [5, 5.41) is 18.6. The number of terminal acetylenes is 1. The van der Waals surface area contributed by atoms with Gasteiger partial charge < -0.3 is 19.6 Å². The molecule has 4 aromatic heterocycles. The molecule has 0 saturated carbocycles. The molecule has 0 aliphatic carbocycles. The minimum Gasteiger partial charge on any atom is -0.508 e. The Balaban J connectivity index is 1.54. The van der Waals surface area contributed by atoms with Gasteiger partial charge in [-0.15, -0.1) is 6.42 Å². The van der Waals surface area contributed by atoms with E-state index in [9.17, 15) is 14.3 Å². The molecule has 11 heteroatoms. The van der Waals surface area contributed by atoms with Crippen LogP contribution in [0.1, 0.15) is 16.7 Å². The van der Waals surface area contributed by atoms with Crippen molar-refractivity contribution in [1.82, 2.24) is 24.6 Å². The van der Waals surface area contributed by atoms with Gasteiger partial charge in [0.15, 0.2) is 5.65 Å². The lowest BCUT2D eigenvalue weighted by Gasteiger charge is -2.15. The minimum absolute atomic E-state index is 0.0170. The smallest absolute Gasteiger partial charge is 0.349 e. The molecule has 0 aliphatic rings. The fourth-order valence-corrected chi connectivity index (χ4v) is 4.60. The molecule has 0 bridgehead atoms. The van der Waals surface area contributed by atoms with Crippen LogP contribution in [0.15, 0.2) is 58.1 Å². The summed E-state index contributed by atoms with van der Waals surface area (Å²) in [5.41, 5.74) is 1.75. The number of methoxy groups -OCH3 is 1. The van der Waals surface area contributed by atoms with Gasteiger partial charge in [-0.25, -0.2) is 18.7 Å². The number of ether oxygens (including phenoxy) is 1. The Hall–Kier alpha value is -5.50. The quantitative estimate of drug-likeness (QED) is 0.320. The molecule has 0 radical (unpaired) electrons. The summed E-state index contributed by atoms with van der Waals surface area (Å²) < 4.78 is 27.4. The number of rotatable bonds is 5. The van der Waals surface area contributed by atoms with Crippen molar-refractivity contribution in [3.05, 3.63) is 81.9 Å². The highest BCUT2D eigenvalue weighted by Crippen LogP contribution is 2.38. The average molecular weight is 522 g/mol. The first kappa shape index (κ1) is 23.9. The summed E-state index contributed by atoms with van der Waals surface area (Å²) in [6.45, 7) is 1.99. The zero-order valence-corrected chi connectivity index (χ0v) is 20.7. The molecule has 2 aromatic carbocycles.